The molecule has 5 heteroatoms. The minimum atomic E-state index is -0.259. The molecule has 4 rings (SSSR count). The van der Waals surface area contributed by atoms with Crippen LogP contribution in [0.25, 0.3) is 11.1 Å². The van der Waals surface area contributed by atoms with Crippen molar-refractivity contribution in [3.63, 3.8) is 0 Å². The number of rotatable bonds is 3. The summed E-state index contributed by atoms with van der Waals surface area (Å²) in [6, 6.07) is 12.3. The zero-order chi connectivity index (χ0) is 19.0. The van der Waals surface area contributed by atoms with Crippen LogP contribution in [0.1, 0.15) is 41.4 Å². The van der Waals surface area contributed by atoms with E-state index < -0.39 is 0 Å². The molecule has 1 unspecified atom stereocenters. The summed E-state index contributed by atoms with van der Waals surface area (Å²) in [4.78, 5) is 15.0. The van der Waals surface area contributed by atoms with Gasteiger partial charge in [0.15, 0.2) is 0 Å². The number of nitrogens with zero attached hydrogens (tertiary/aromatic N) is 3. The van der Waals surface area contributed by atoms with Crippen molar-refractivity contribution >= 4 is 5.91 Å². The molecule has 1 aliphatic rings. The summed E-state index contributed by atoms with van der Waals surface area (Å²) in [7, 11) is 0. The van der Waals surface area contributed by atoms with Crippen LogP contribution < -0.4 is 0 Å². The zero-order valence-electron chi connectivity index (χ0n) is 15.5. The number of benzene rings is 2. The van der Waals surface area contributed by atoms with Crippen LogP contribution in [0, 0.1) is 5.82 Å². The summed E-state index contributed by atoms with van der Waals surface area (Å²) in [5.74, 6) is -0.285. The van der Waals surface area contributed by atoms with Crippen molar-refractivity contribution in [2.75, 3.05) is 6.54 Å². The third-order valence-corrected chi connectivity index (χ3v) is 5.31. The number of aryl methyl sites for hydroxylation is 1. The summed E-state index contributed by atoms with van der Waals surface area (Å²) in [5.41, 5.74) is 4.62. The molecule has 1 aliphatic heterocycles. The lowest BCUT2D eigenvalue weighted by Crippen LogP contribution is -2.38. The van der Waals surface area contributed by atoms with E-state index in [-0.39, 0.29) is 17.8 Å². The Kier molecular flexibility index (Phi) is 4.52. The maximum atomic E-state index is 13.7. The predicted octanol–water partition coefficient (Wildman–Crippen LogP) is 4.47. The van der Waals surface area contributed by atoms with Crippen LogP contribution in [-0.4, -0.2) is 27.1 Å². The monoisotopic (exact) mass is 363 g/mol. The van der Waals surface area contributed by atoms with E-state index in [1.807, 2.05) is 66.2 Å². The first kappa shape index (κ1) is 17.5. The molecule has 2 aromatic carbocycles. The van der Waals surface area contributed by atoms with Crippen LogP contribution in [0.3, 0.4) is 0 Å². The SMILES string of the molecule is CCn1cc(-c2cccc(C(=O)N3CCc4ccc(F)cc4C3C)c2)cn1. The predicted molar refractivity (Wildman–Crippen MR) is 103 cm³/mol. The lowest BCUT2D eigenvalue weighted by atomic mass is 9.92. The molecular formula is C22H22FN3O. The number of aromatic nitrogens is 2. The number of hydrogen-bond donors (Lipinski definition) is 0. The van der Waals surface area contributed by atoms with Crippen molar-refractivity contribution in [3.8, 4) is 11.1 Å². The van der Waals surface area contributed by atoms with Gasteiger partial charge in [-0.05, 0) is 61.2 Å². The highest BCUT2D eigenvalue weighted by molar-refractivity contribution is 5.96. The van der Waals surface area contributed by atoms with E-state index in [1.165, 1.54) is 6.07 Å². The summed E-state index contributed by atoms with van der Waals surface area (Å²) < 4.78 is 15.5. The largest absolute Gasteiger partial charge is 0.332 e. The Morgan fingerprint density at radius 2 is 2.07 bits per heavy atom. The van der Waals surface area contributed by atoms with Gasteiger partial charge in [0.2, 0.25) is 0 Å². The molecule has 0 saturated carbocycles. The Balaban J connectivity index is 1.62. The molecule has 0 N–H and O–H groups in total. The fraction of sp³-hybridized carbons (Fsp3) is 0.273. The molecule has 0 fully saturated rings. The standard InChI is InChI=1S/C22H22FN3O/c1-3-25-14-19(13-24-25)17-5-4-6-18(11-17)22(27)26-10-9-16-7-8-20(23)12-21(16)15(26)2/h4-8,11-15H,3,9-10H2,1-2H3. The maximum absolute atomic E-state index is 13.7. The molecular weight excluding hydrogens is 341 g/mol. The molecule has 0 radical (unpaired) electrons. The van der Waals surface area contributed by atoms with E-state index in [4.69, 9.17) is 0 Å². The minimum Gasteiger partial charge on any atom is -0.332 e. The first-order valence-electron chi connectivity index (χ1n) is 9.29. The average Bonchev–Trinajstić information content (AvgIpc) is 3.18. The van der Waals surface area contributed by atoms with Crippen LogP contribution in [0.4, 0.5) is 4.39 Å². The van der Waals surface area contributed by atoms with E-state index in [9.17, 15) is 9.18 Å². The number of carbonyl (C=O) groups is 1. The van der Waals surface area contributed by atoms with E-state index in [2.05, 4.69) is 5.10 Å². The van der Waals surface area contributed by atoms with Gasteiger partial charge >= 0.3 is 0 Å². The van der Waals surface area contributed by atoms with Gasteiger partial charge in [-0.1, -0.05) is 18.2 Å². The van der Waals surface area contributed by atoms with E-state index in [0.717, 1.165) is 35.2 Å². The molecule has 0 spiro atoms. The van der Waals surface area contributed by atoms with E-state index in [0.29, 0.717) is 12.1 Å². The second kappa shape index (κ2) is 6.99. The lowest BCUT2D eigenvalue weighted by molar-refractivity contribution is 0.0677. The van der Waals surface area contributed by atoms with Crippen molar-refractivity contribution in [1.29, 1.82) is 0 Å². The molecule has 1 amide bonds. The Labute approximate surface area is 158 Å². The Bertz CT molecular complexity index is 995. The number of fused-ring (bicyclic) bond motifs is 1. The van der Waals surface area contributed by atoms with E-state index in [1.54, 1.807) is 6.07 Å². The van der Waals surface area contributed by atoms with Gasteiger partial charge in [0.25, 0.3) is 5.91 Å². The first-order chi connectivity index (χ1) is 13.1. The molecule has 0 saturated heterocycles. The van der Waals surface area contributed by atoms with Crippen molar-refractivity contribution in [2.24, 2.45) is 0 Å². The van der Waals surface area contributed by atoms with Crippen LogP contribution in [0.15, 0.2) is 54.9 Å². The van der Waals surface area contributed by atoms with Gasteiger partial charge in [-0.2, -0.15) is 5.10 Å². The first-order valence-corrected chi connectivity index (χ1v) is 9.29. The summed E-state index contributed by atoms with van der Waals surface area (Å²) in [6.07, 6.45) is 4.54. The maximum Gasteiger partial charge on any atom is 0.254 e. The molecule has 1 atom stereocenters. The van der Waals surface area contributed by atoms with Crippen molar-refractivity contribution in [2.45, 2.75) is 32.9 Å². The highest BCUT2D eigenvalue weighted by atomic mass is 19.1. The van der Waals surface area contributed by atoms with Crippen LogP contribution in [0.2, 0.25) is 0 Å². The van der Waals surface area contributed by atoms with Crippen molar-refractivity contribution in [3.05, 3.63) is 77.4 Å². The van der Waals surface area contributed by atoms with Crippen LogP contribution in [-0.2, 0) is 13.0 Å². The normalized spacial score (nSPS) is 16.3. The Morgan fingerprint density at radius 3 is 2.85 bits per heavy atom. The number of amides is 1. The fourth-order valence-electron chi connectivity index (χ4n) is 3.75. The van der Waals surface area contributed by atoms with Crippen molar-refractivity contribution in [1.82, 2.24) is 14.7 Å². The van der Waals surface area contributed by atoms with Gasteiger partial charge in [-0.3, -0.25) is 9.48 Å². The smallest absolute Gasteiger partial charge is 0.254 e. The molecule has 138 valence electrons. The Hall–Kier alpha value is -2.95. The van der Waals surface area contributed by atoms with Crippen molar-refractivity contribution < 1.29 is 9.18 Å². The summed E-state index contributed by atoms with van der Waals surface area (Å²) >= 11 is 0. The highest BCUT2D eigenvalue weighted by Crippen LogP contribution is 2.31. The van der Waals surface area contributed by atoms with Gasteiger partial charge in [0.1, 0.15) is 5.82 Å². The Morgan fingerprint density at radius 1 is 1.22 bits per heavy atom. The topological polar surface area (TPSA) is 38.1 Å². The zero-order valence-corrected chi connectivity index (χ0v) is 15.5. The minimum absolute atomic E-state index is 0.0258. The quantitative estimate of drug-likeness (QED) is 0.689. The third-order valence-electron chi connectivity index (χ3n) is 5.31. The molecule has 3 aromatic rings. The third kappa shape index (κ3) is 3.25. The summed E-state index contributed by atoms with van der Waals surface area (Å²) in [5, 5.41) is 4.31. The second-order valence-electron chi connectivity index (χ2n) is 6.93. The fourth-order valence-corrected chi connectivity index (χ4v) is 3.75. The van der Waals surface area contributed by atoms with Crippen LogP contribution in [0.5, 0.6) is 0 Å². The lowest BCUT2D eigenvalue weighted by Gasteiger charge is -2.35. The molecule has 0 bridgehead atoms. The van der Waals surface area contributed by atoms with Gasteiger partial charge < -0.3 is 4.90 Å². The van der Waals surface area contributed by atoms with Gasteiger partial charge in [-0.25, -0.2) is 4.39 Å². The highest BCUT2D eigenvalue weighted by Gasteiger charge is 2.28. The molecule has 1 aromatic heterocycles. The van der Waals surface area contributed by atoms with Gasteiger partial charge in [0.05, 0.1) is 12.2 Å². The average molecular weight is 363 g/mol. The molecule has 27 heavy (non-hydrogen) atoms. The molecule has 0 aliphatic carbocycles. The van der Waals surface area contributed by atoms with E-state index >= 15 is 0 Å². The van der Waals surface area contributed by atoms with Gasteiger partial charge in [0, 0.05) is 30.4 Å². The number of hydrogen-bond acceptors (Lipinski definition) is 2. The number of halogens is 1. The summed E-state index contributed by atoms with van der Waals surface area (Å²) in [6.45, 7) is 5.44. The molecule has 4 nitrogen and oxygen atoms in total. The van der Waals surface area contributed by atoms with Crippen LogP contribution >= 0.6 is 0 Å². The molecule has 2 heterocycles. The second-order valence-corrected chi connectivity index (χ2v) is 6.93. The van der Waals surface area contributed by atoms with Gasteiger partial charge in [-0.15, -0.1) is 0 Å². The number of carbonyl (C=O) groups excluding carboxylic acids is 1.